The maximum atomic E-state index is 13.1. The van der Waals surface area contributed by atoms with Crippen LogP contribution in [0.15, 0.2) is 60.7 Å². The summed E-state index contributed by atoms with van der Waals surface area (Å²) in [6.45, 7) is 0.589. The fourth-order valence-electron chi connectivity index (χ4n) is 6.39. The summed E-state index contributed by atoms with van der Waals surface area (Å²) in [5.41, 5.74) is 2.54. The molecule has 1 aromatic heterocycles. The van der Waals surface area contributed by atoms with Crippen molar-refractivity contribution in [2.75, 3.05) is 34.9 Å². The topological polar surface area (TPSA) is 124 Å². The van der Waals surface area contributed by atoms with E-state index < -0.39 is 17.2 Å². The van der Waals surface area contributed by atoms with Crippen LogP contribution >= 0.6 is 0 Å². The number of pyridine rings is 1. The van der Waals surface area contributed by atoms with E-state index in [-0.39, 0.29) is 23.4 Å². The third-order valence-corrected chi connectivity index (χ3v) is 7.64. The van der Waals surface area contributed by atoms with Crippen molar-refractivity contribution in [3.63, 3.8) is 0 Å². The smallest absolute Gasteiger partial charge is 0.224 e. The molecule has 5 atom stereocenters. The van der Waals surface area contributed by atoms with E-state index >= 15 is 0 Å². The largest absolute Gasteiger partial charge is 0.481 e. The fourth-order valence-corrected chi connectivity index (χ4v) is 6.39. The average molecular weight is 512 g/mol. The molecule has 2 aliphatic rings. The molecular weight excluding hydrogens is 482 g/mol. The summed E-state index contributed by atoms with van der Waals surface area (Å²) in [6.07, 6.45) is 0. The zero-order chi connectivity index (χ0) is 27.1. The Morgan fingerprint density at radius 2 is 1.79 bits per heavy atom. The number of nitrogens with one attached hydrogen (secondary N) is 1. The van der Waals surface area contributed by atoms with E-state index in [4.69, 9.17) is 14.3 Å². The first-order chi connectivity index (χ1) is 18.3. The van der Waals surface area contributed by atoms with Crippen LogP contribution in [0.5, 0.6) is 11.6 Å². The third-order valence-electron chi connectivity index (χ3n) is 7.64. The van der Waals surface area contributed by atoms with Crippen molar-refractivity contribution in [2.24, 2.45) is 5.92 Å². The van der Waals surface area contributed by atoms with Crippen LogP contribution in [0.1, 0.15) is 33.9 Å². The molecule has 0 bridgehead atoms. The van der Waals surface area contributed by atoms with Gasteiger partial charge in [-0.15, -0.1) is 0 Å². The van der Waals surface area contributed by atoms with Crippen LogP contribution in [0.4, 0.5) is 0 Å². The Kier molecular flexibility index (Phi) is 6.56. The molecule has 0 saturated heterocycles. The summed E-state index contributed by atoms with van der Waals surface area (Å²) >= 11 is 0. The minimum atomic E-state index is -1.75. The molecular formula is C29H29N5O4. The zero-order valence-corrected chi connectivity index (χ0v) is 21.7. The quantitative estimate of drug-likeness (QED) is 0.461. The number of ether oxygens (including phenoxy) is 2. The molecule has 1 aliphatic heterocycles. The standard InChI is InChI=1S/C29H29N5O4/c1-34(2)17-22-24(19-8-6-5-7-9-19)29(20-12-10-18(15-30)11-13-20)28(35,26(22)33-37-4)25-23(38-29)14-21(16-31)32-27(25)36-3/h5-14,22,24,26,33,35H,17H2,1-4H3/t22-,24-,26-,28+,29+/m1/s1. The lowest BCUT2D eigenvalue weighted by molar-refractivity contribution is -0.137. The van der Waals surface area contributed by atoms with Gasteiger partial charge in [0.2, 0.25) is 5.88 Å². The van der Waals surface area contributed by atoms with Crippen LogP contribution in [-0.2, 0) is 16.0 Å². The van der Waals surface area contributed by atoms with Crippen molar-refractivity contribution >= 4 is 0 Å². The maximum absolute atomic E-state index is 13.1. The molecule has 3 aromatic rings. The Morgan fingerprint density at radius 3 is 2.37 bits per heavy atom. The van der Waals surface area contributed by atoms with E-state index in [2.05, 4.69) is 27.5 Å². The molecule has 0 unspecified atom stereocenters. The van der Waals surface area contributed by atoms with Gasteiger partial charge in [-0.05, 0) is 37.4 Å². The number of hydroxylamine groups is 1. The minimum absolute atomic E-state index is 0.108. The Bertz CT molecular complexity index is 1420. The lowest BCUT2D eigenvalue weighted by Gasteiger charge is -2.41. The number of nitriles is 2. The van der Waals surface area contributed by atoms with Crippen molar-refractivity contribution in [3.8, 4) is 23.8 Å². The van der Waals surface area contributed by atoms with Crippen LogP contribution in [0, 0.1) is 28.6 Å². The molecule has 9 nitrogen and oxygen atoms in total. The molecule has 2 N–H and O–H groups in total. The second kappa shape index (κ2) is 9.71. The summed E-state index contributed by atoms with van der Waals surface area (Å²) in [5, 5.41) is 32.3. The second-order valence-electron chi connectivity index (χ2n) is 9.91. The number of fused-ring (bicyclic) bond motifs is 3. The van der Waals surface area contributed by atoms with Crippen molar-refractivity contribution in [2.45, 2.75) is 23.2 Å². The van der Waals surface area contributed by atoms with Crippen LogP contribution in [-0.4, -0.2) is 55.9 Å². The fraction of sp³-hybridized carbons (Fsp3) is 0.345. The molecule has 38 heavy (non-hydrogen) atoms. The van der Waals surface area contributed by atoms with E-state index in [1.165, 1.54) is 20.3 Å². The Morgan fingerprint density at radius 1 is 1.08 bits per heavy atom. The lowest BCUT2D eigenvalue weighted by atomic mass is 9.70. The minimum Gasteiger partial charge on any atom is -0.481 e. The van der Waals surface area contributed by atoms with Gasteiger partial charge in [-0.2, -0.15) is 16.0 Å². The number of hydrogen-bond donors (Lipinski definition) is 2. The lowest BCUT2D eigenvalue weighted by Crippen LogP contribution is -2.56. The average Bonchev–Trinajstić information content (AvgIpc) is 3.31. The Balaban J connectivity index is 1.90. The van der Waals surface area contributed by atoms with Crippen molar-refractivity contribution in [1.82, 2.24) is 15.4 Å². The van der Waals surface area contributed by atoms with Crippen LogP contribution in [0.3, 0.4) is 0 Å². The van der Waals surface area contributed by atoms with Gasteiger partial charge in [-0.1, -0.05) is 42.5 Å². The summed E-state index contributed by atoms with van der Waals surface area (Å²) in [5.74, 6) is -0.189. The number of hydrogen-bond acceptors (Lipinski definition) is 9. The molecule has 194 valence electrons. The predicted octanol–water partition coefficient (Wildman–Crippen LogP) is 2.80. The monoisotopic (exact) mass is 511 g/mol. The first-order valence-corrected chi connectivity index (χ1v) is 12.3. The van der Waals surface area contributed by atoms with E-state index in [1.54, 1.807) is 12.1 Å². The summed E-state index contributed by atoms with van der Waals surface area (Å²) < 4.78 is 12.6. The summed E-state index contributed by atoms with van der Waals surface area (Å²) in [7, 11) is 6.93. The van der Waals surface area contributed by atoms with Gasteiger partial charge in [0.25, 0.3) is 0 Å². The van der Waals surface area contributed by atoms with E-state index in [0.717, 1.165) is 5.56 Å². The third kappa shape index (κ3) is 3.56. The zero-order valence-electron chi connectivity index (χ0n) is 21.7. The van der Waals surface area contributed by atoms with Crippen molar-refractivity contribution in [3.05, 3.63) is 88.6 Å². The molecule has 1 aliphatic carbocycles. The van der Waals surface area contributed by atoms with E-state index in [1.807, 2.05) is 56.6 Å². The first kappa shape index (κ1) is 25.7. The molecule has 2 aromatic carbocycles. The van der Waals surface area contributed by atoms with Crippen LogP contribution < -0.4 is 15.0 Å². The van der Waals surface area contributed by atoms with Gasteiger partial charge in [-0.25, -0.2) is 4.98 Å². The molecule has 0 radical (unpaired) electrons. The van der Waals surface area contributed by atoms with Gasteiger partial charge in [0, 0.05) is 24.4 Å². The molecule has 1 fully saturated rings. The van der Waals surface area contributed by atoms with Gasteiger partial charge in [0.05, 0.1) is 37.5 Å². The predicted molar refractivity (Wildman–Crippen MR) is 138 cm³/mol. The number of aliphatic hydroxyl groups is 1. The van der Waals surface area contributed by atoms with Crippen LogP contribution in [0.25, 0.3) is 0 Å². The van der Waals surface area contributed by atoms with Crippen molar-refractivity contribution < 1.29 is 19.4 Å². The SMILES string of the molecule is CON[C@@H]1[C@H](CN(C)C)[C@@H](c2ccccc2)[C@]2(c3ccc(C#N)cc3)Oc3cc(C#N)nc(OC)c3[C@]12O. The Hall–Kier alpha value is -3.99. The Labute approximate surface area is 221 Å². The van der Waals surface area contributed by atoms with E-state index in [0.29, 0.717) is 29.0 Å². The van der Waals surface area contributed by atoms with Gasteiger partial charge in [0.1, 0.15) is 17.5 Å². The molecule has 9 heteroatoms. The van der Waals surface area contributed by atoms with Gasteiger partial charge >= 0.3 is 0 Å². The number of methoxy groups -OCH3 is 1. The highest BCUT2D eigenvalue weighted by Crippen LogP contribution is 2.69. The van der Waals surface area contributed by atoms with Gasteiger partial charge in [0.15, 0.2) is 11.2 Å². The maximum Gasteiger partial charge on any atom is 0.224 e. The second-order valence-corrected chi connectivity index (χ2v) is 9.91. The van der Waals surface area contributed by atoms with Crippen molar-refractivity contribution in [1.29, 1.82) is 10.5 Å². The number of nitrogens with zero attached hydrogens (tertiary/aromatic N) is 4. The van der Waals surface area contributed by atoms with Gasteiger partial charge in [-0.3, -0.25) is 0 Å². The number of aromatic nitrogens is 1. The highest BCUT2D eigenvalue weighted by Gasteiger charge is 2.77. The molecule has 1 saturated carbocycles. The molecule has 0 spiro atoms. The highest BCUT2D eigenvalue weighted by molar-refractivity contribution is 5.60. The number of benzene rings is 2. The normalized spacial score (nSPS) is 27.2. The number of rotatable bonds is 7. The summed E-state index contributed by atoms with van der Waals surface area (Å²) in [4.78, 5) is 11.9. The highest BCUT2D eigenvalue weighted by atomic mass is 16.6. The van der Waals surface area contributed by atoms with E-state index in [9.17, 15) is 15.6 Å². The van der Waals surface area contributed by atoms with Gasteiger partial charge < -0.3 is 24.3 Å². The first-order valence-electron chi connectivity index (χ1n) is 12.3. The molecule has 2 heterocycles. The molecule has 5 rings (SSSR count). The van der Waals surface area contributed by atoms with Crippen LogP contribution in [0.2, 0.25) is 0 Å². The summed E-state index contributed by atoms with van der Waals surface area (Å²) in [6, 6.07) is 22.1. The molecule has 0 amide bonds.